The van der Waals surface area contributed by atoms with E-state index in [0.29, 0.717) is 11.7 Å². The second kappa shape index (κ2) is 5.70. The summed E-state index contributed by atoms with van der Waals surface area (Å²) < 4.78 is 10.4. The largest absolute Gasteiger partial charge is 0.465 e. The molecular formula is C18H18O3. The van der Waals surface area contributed by atoms with Gasteiger partial charge in [-0.1, -0.05) is 37.3 Å². The molecule has 0 aliphatic carbocycles. The summed E-state index contributed by atoms with van der Waals surface area (Å²) in [6, 6.07) is 15.8. The third kappa shape index (κ3) is 2.83. The molecule has 1 aliphatic rings. The van der Waals surface area contributed by atoms with Gasteiger partial charge in [-0.3, -0.25) is 0 Å². The van der Waals surface area contributed by atoms with Crippen LogP contribution in [-0.2, 0) is 9.47 Å². The molecule has 1 saturated heterocycles. The highest BCUT2D eigenvalue weighted by Crippen LogP contribution is 2.41. The molecule has 3 rings (SSSR count). The maximum Gasteiger partial charge on any atom is 0.337 e. The van der Waals surface area contributed by atoms with Gasteiger partial charge in [0.2, 0.25) is 0 Å². The van der Waals surface area contributed by atoms with E-state index in [2.05, 4.69) is 19.1 Å². The van der Waals surface area contributed by atoms with Gasteiger partial charge in [0.25, 0.3) is 0 Å². The second-order valence-electron chi connectivity index (χ2n) is 5.20. The SMILES string of the molecule is CCC1OC1c1cccc(-c2cccc(C(=O)OC)c2)c1. The van der Waals surface area contributed by atoms with Crippen LogP contribution in [0.2, 0.25) is 0 Å². The zero-order valence-corrected chi connectivity index (χ0v) is 12.2. The lowest BCUT2D eigenvalue weighted by Crippen LogP contribution is -2.00. The van der Waals surface area contributed by atoms with E-state index in [1.807, 2.05) is 30.3 Å². The molecule has 1 fully saturated rings. The number of hydrogen-bond acceptors (Lipinski definition) is 3. The molecule has 0 spiro atoms. The minimum absolute atomic E-state index is 0.221. The van der Waals surface area contributed by atoms with E-state index in [-0.39, 0.29) is 12.1 Å². The van der Waals surface area contributed by atoms with Gasteiger partial charge in [-0.05, 0) is 41.3 Å². The van der Waals surface area contributed by atoms with Crippen LogP contribution in [0.4, 0.5) is 0 Å². The molecular weight excluding hydrogens is 264 g/mol. The summed E-state index contributed by atoms with van der Waals surface area (Å²) in [6.45, 7) is 2.13. The lowest BCUT2D eigenvalue weighted by molar-refractivity contribution is 0.0601. The summed E-state index contributed by atoms with van der Waals surface area (Å²) in [5.74, 6) is -0.315. The molecule has 0 aromatic heterocycles. The van der Waals surface area contributed by atoms with Crippen LogP contribution in [0, 0.1) is 0 Å². The van der Waals surface area contributed by atoms with Crippen LogP contribution >= 0.6 is 0 Å². The van der Waals surface area contributed by atoms with Gasteiger partial charge in [0.15, 0.2) is 0 Å². The zero-order chi connectivity index (χ0) is 14.8. The summed E-state index contributed by atoms with van der Waals surface area (Å²) in [7, 11) is 1.39. The molecule has 1 heterocycles. The summed E-state index contributed by atoms with van der Waals surface area (Å²) in [4.78, 5) is 11.6. The highest BCUT2D eigenvalue weighted by atomic mass is 16.6. The number of benzene rings is 2. The molecule has 108 valence electrons. The Kier molecular flexibility index (Phi) is 3.76. The van der Waals surface area contributed by atoms with Crippen molar-refractivity contribution >= 4 is 5.97 Å². The first-order valence-corrected chi connectivity index (χ1v) is 7.17. The van der Waals surface area contributed by atoms with Crippen molar-refractivity contribution in [2.75, 3.05) is 7.11 Å². The fourth-order valence-corrected chi connectivity index (χ4v) is 2.59. The normalized spacial score (nSPS) is 20.1. The van der Waals surface area contributed by atoms with Crippen LogP contribution in [-0.4, -0.2) is 19.2 Å². The standard InChI is InChI=1S/C18H18O3/c1-3-16-17(21-16)14-8-4-6-12(10-14)13-7-5-9-15(11-13)18(19)20-2/h4-11,16-17H,3H2,1-2H3. The predicted molar refractivity (Wildman–Crippen MR) is 81.1 cm³/mol. The first kappa shape index (κ1) is 13.8. The Labute approximate surface area is 124 Å². The van der Waals surface area contributed by atoms with Gasteiger partial charge in [0.1, 0.15) is 6.10 Å². The predicted octanol–water partition coefficient (Wildman–Crippen LogP) is 3.99. The molecule has 1 aliphatic heterocycles. The molecule has 2 unspecified atom stereocenters. The molecule has 0 radical (unpaired) electrons. The van der Waals surface area contributed by atoms with Crippen molar-refractivity contribution in [2.45, 2.75) is 25.6 Å². The lowest BCUT2D eigenvalue weighted by atomic mass is 9.99. The Morgan fingerprint density at radius 1 is 1.14 bits per heavy atom. The van der Waals surface area contributed by atoms with Gasteiger partial charge in [-0.15, -0.1) is 0 Å². The quantitative estimate of drug-likeness (QED) is 0.628. The van der Waals surface area contributed by atoms with Gasteiger partial charge in [0, 0.05) is 0 Å². The number of ether oxygens (including phenoxy) is 2. The molecule has 0 bridgehead atoms. The highest BCUT2D eigenvalue weighted by Gasteiger charge is 2.38. The molecule has 2 atom stereocenters. The van der Waals surface area contributed by atoms with E-state index in [1.165, 1.54) is 12.7 Å². The average molecular weight is 282 g/mol. The Morgan fingerprint density at radius 2 is 1.86 bits per heavy atom. The number of hydrogen-bond donors (Lipinski definition) is 0. The topological polar surface area (TPSA) is 38.8 Å². The third-order valence-corrected chi connectivity index (χ3v) is 3.82. The highest BCUT2D eigenvalue weighted by molar-refractivity contribution is 5.91. The Balaban J connectivity index is 1.90. The molecule has 21 heavy (non-hydrogen) atoms. The number of esters is 1. The average Bonchev–Trinajstić information content (AvgIpc) is 3.34. The Hall–Kier alpha value is -2.13. The molecule has 3 heteroatoms. The smallest absolute Gasteiger partial charge is 0.337 e. The first-order valence-electron chi connectivity index (χ1n) is 7.17. The summed E-state index contributed by atoms with van der Waals surface area (Å²) in [6.07, 6.45) is 1.60. The fourth-order valence-electron chi connectivity index (χ4n) is 2.59. The van der Waals surface area contributed by atoms with Crippen molar-refractivity contribution in [3.8, 4) is 11.1 Å². The first-order chi connectivity index (χ1) is 10.2. The molecule has 0 saturated carbocycles. The van der Waals surface area contributed by atoms with E-state index in [4.69, 9.17) is 9.47 Å². The summed E-state index contributed by atoms with van der Waals surface area (Å²) in [5.41, 5.74) is 3.86. The number of carbonyl (C=O) groups excluding carboxylic acids is 1. The Bertz CT molecular complexity index is 663. The molecule has 2 aromatic rings. The monoisotopic (exact) mass is 282 g/mol. The zero-order valence-electron chi connectivity index (χ0n) is 12.2. The van der Waals surface area contributed by atoms with Gasteiger partial charge < -0.3 is 9.47 Å². The van der Waals surface area contributed by atoms with Crippen LogP contribution in [0.3, 0.4) is 0 Å². The van der Waals surface area contributed by atoms with Gasteiger partial charge in [0.05, 0.1) is 18.8 Å². The minimum Gasteiger partial charge on any atom is -0.465 e. The van der Waals surface area contributed by atoms with Crippen molar-refractivity contribution < 1.29 is 14.3 Å². The molecule has 3 nitrogen and oxygen atoms in total. The molecule has 0 amide bonds. The third-order valence-electron chi connectivity index (χ3n) is 3.82. The van der Waals surface area contributed by atoms with E-state index < -0.39 is 0 Å². The van der Waals surface area contributed by atoms with Gasteiger partial charge in [-0.25, -0.2) is 4.79 Å². The number of carbonyl (C=O) groups is 1. The second-order valence-corrected chi connectivity index (χ2v) is 5.20. The maximum absolute atomic E-state index is 11.6. The van der Waals surface area contributed by atoms with E-state index in [1.54, 1.807) is 6.07 Å². The van der Waals surface area contributed by atoms with Crippen molar-refractivity contribution in [2.24, 2.45) is 0 Å². The summed E-state index contributed by atoms with van der Waals surface area (Å²) in [5, 5.41) is 0. The molecule has 2 aromatic carbocycles. The fraction of sp³-hybridized carbons (Fsp3) is 0.278. The Morgan fingerprint density at radius 3 is 2.52 bits per heavy atom. The van der Waals surface area contributed by atoms with Crippen molar-refractivity contribution in [1.29, 1.82) is 0 Å². The minimum atomic E-state index is -0.315. The maximum atomic E-state index is 11.6. The van der Waals surface area contributed by atoms with Crippen molar-refractivity contribution in [1.82, 2.24) is 0 Å². The van der Waals surface area contributed by atoms with Gasteiger partial charge in [-0.2, -0.15) is 0 Å². The van der Waals surface area contributed by atoms with Crippen LogP contribution in [0.25, 0.3) is 11.1 Å². The van der Waals surface area contributed by atoms with E-state index in [0.717, 1.165) is 17.5 Å². The van der Waals surface area contributed by atoms with Crippen LogP contribution in [0.5, 0.6) is 0 Å². The summed E-state index contributed by atoms with van der Waals surface area (Å²) >= 11 is 0. The number of epoxide rings is 1. The van der Waals surface area contributed by atoms with E-state index >= 15 is 0 Å². The number of rotatable bonds is 4. The van der Waals surface area contributed by atoms with E-state index in [9.17, 15) is 4.79 Å². The molecule has 0 N–H and O–H groups in total. The van der Waals surface area contributed by atoms with Crippen LogP contribution < -0.4 is 0 Å². The number of methoxy groups -OCH3 is 1. The van der Waals surface area contributed by atoms with Crippen molar-refractivity contribution in [3.63, 3.8) is 0 Å². The lowest BCUT2D eigenvalue weighted by Gasteiger charge is -2.06. The van der Waals surface area contributed by atoms with Crippen LogP contribution in [0.1, 0.15) is 35.4 Å². The van der Waals surface area contributed by atoms with Crippen LogP contribution in [0.15, 0.2) is 48.5 Å². The van der Waals surface area contributed by atoms with Crippen molar-refractivity contribution in [3.05, 3.63) is 59.7 Å². The van der Waals surface area contributed by atoms with Gasteiger partial charge >= 0.3 is 5.97 Å².